The topological polar surface area (TPSA) is 89.3 Å². The molecule has 5 rings (SSSR count). The van der Waals surface area contributed by atoms with Gasteiger partial charge in [-0.15, -0.1) is 0 Å². The summed E-state index contributed by atoms with van der Waals surface area (Å²) in [7, 11) is 3.22. The van der Waals surface area contributed by atoms with Crippen molar-refractivity contribution < 1.29 is 14.3 Å². The van der Waals surface area contributed by atoms with Gasteiger partial charge < -0.3 is 14.4 Å². The second-order valence-electron chi connectivity index (χ2n) is 8.22. The number of fused-ring (bicyclic) bond motifs is 1. The van der Waals surface area contributed by atoms with E-state index in [9.17, 15) is 9.59 Å². The number of methoxy groups -OCH3 is 2. The molecule has 1 aliphatic rings. The Balaban J connectivity index is 1.26. The maximum absolute atomic E-state index is 12.8. The van der Waals surface area contributed by atoms with Crippen LogP contribution in [0.5, 0.6) is 11.5 Å². The van der Waals surface area contributed by atoms with Gasteiger partial charge in [0, 0.05) is 49.9 Å². The monoisotopic (exact) mass is 491 g/mol. The van der Waals surface area contributed by atoms with E-state index in [-0.39, 0.29) is 11.5 Å². The molecule has 10 heteroatoms. The van der Waals surface area contributed by atoms with E-state index in [2.05, 4.69) is 10.00 Å². The van der Waals surface area contributed by atoms with E-state index in [1.54, 1.807) is 38.5 Å². The van der Waals surface area contributed by atoms with E-state index in [1.807, 2.05) is 29.2 Å². The van der Waals surface area contributed by atoms with Gasteiger partial charge in [0.25, 0.3) is 11.5 Å². The molecule has 2 aromatic heterocycles. The maximum atomic E-state index is 12.8. The summed E-state index contributed by atoms with van der Waals surface area (Å²) in [6.07, 6.45) is 0. The summed E-state index contributed by atoms with van der Waals surface area (Å²) >= 11 is 1.37. The molecule has 0 unspecified atom stereocenters. The van der Waals surface area contributed by atoms with Gasteiger partial charge in [0.05, 0.1) is 19.9 Å². The molecule has 0 spiro atoms. The van der Waals surface area contributed by atoms with Crippen molar-refractivity contribution in [2.45, 2.75) is 6.54 Å². The molecule has 1 aliphatic heterocycles. The second-order valence-corrected chi connectivity index (χ2v) is 9.17. The van der Waals surface area contributed by atoms with E-state index in [1.165, 1.54) is 21.9 Å². The largest absolute Gasteiger partial charge is 0.497 e. The van der Waals surface area contributed by atoms with Crippen molar-refractivity contribution in [3.63, 3.8) is 0 Å². The van der Waals surface area contributed by atoms with Crippen LogP contribution in [0.15, 0.2) is 59.4 Å². The Kier molecular flexibility index (Phi) is 6.47. The second kappa shape index (κ2) is 9.85. The van der Waals surface area contributed by atoms with E-state index < -0.39 is 0 Å². The smallest absolute Gasteiger partial charge is 0.275 e. The first-order chi connectivity index (χ1) is 17.0. The average Bonchev–Trinajstić information content (AvgIpc) is 3.34. The molecule has 4 aromatic rings. The summed E-state index contributed by atoms with van der Waals surface area (Å²) in [6.45, 7) is 3.20. The lowest BCUT2D eigenvalue weighted by molar-refractivity contribution is 0.0627. The van der Waals surface area contributed by atoms with Crippen LogP contribution in [-0.4, -0.2) is 70.7 Å². The number of ether oxygens (including phenoxy) is 2. The van der Waals surface area contributed by atoms with Gasteiger partial charge in [-0.2, -0.15) is 9.61 Å². The number of hydrogen-bond acceptors (Lipinski definition) is 8. The Morgan fingerprint density at radius 2 is 1.71 bits per heavy atom. The fourth-order valence-electron chi connectivity index (χ4n) is 4.06. The Labute approximate surface area is 206 Å². The van der Waals surface area contributed by atoms with Gasteiger partial charge in [-0.05, 0) is 36.4 Å². The quantitative estimate of drug-likeness (QED) is 0.410. The first-order valence-corrected chi connectivity index (χ1v) is 12.1. The standard InChI is InChI=1S/C25H25N5O4S/c1-33-20-8-6-17(7-9-20)24(32)29-12-10-28(11-13-29)16-19-15-22(31)30-25(26-19)35-23(27-30)18-4-3-5-21(14-18)34-2/h3-9,14-15H,10-13,16H2,1-2H3. The van der Waals surface area contributed by atoms with Crippen molar-refractivity contribution >= 4 is 22.2 Å². The highest BCUT2D eigenvalue weighted by atomic mass is 32.1. The van der Waals surface area contributed by atoms with Crippen LogP contribution in [0, 0.1) is 0 Å². The van der Waals surface area contributed by atoms with Gasteiger partial charge in [-0.1, -0.05) is 23.5 Å². The van der Waals surface area contributed by atoms with Crippen LogP contribution in [0.4, 0.5) is 0 Å². The highest BCUT2D eigenvalue weighted by molar-refractivity contribution is 7.19. The molecule has 1 amide bonds. The zero-order valence-electron chi connectivity index (χ0n) is 19.5. The number of carbonyl (C=O) groups is 1. The minimum absolute atomic E-state index is 0.0137. The molecule has 180 valence electrons. The third-order valence-corrected chi connectivity index (χ3v) is 6.95. The van der Waals surface area contributed by atoms with E-state index in [0.717, 1.165) is 17.1 Å². The van der Waals surface area contributed by atoms with Crippen molar-refractivity contribution in [2.75, 3.05) is 40.4 Å². The van der Waals surface area contributed by atoms with Crippen LogP contribution >= 0.6 is 11.3 Å². The molecular formula is C25H25N5O4S. The third kappa shape index (κ3) is 4.89. The van der Waals surface area contributed by atoms with Crippen molar-refractivity contribution in [2.24, 2.45) is 0 Å². The Morgan fingerprint density at radius 1 is 0.971 bits per heavy atom. The van der Waals surface area contributed by atoms with Crippen LogP contribution in [-0.2, 0) is 6.54 Å². The van der Waals surface area contributed by atoms with Crippen LogP contribution in [0.2, 0.25) is 0 Å². The molecule has 35 heavy (non-hydrogen) atoms. The van der Waals surface area contributed by atoms with Gasteiger partial charge in [-0.3, -0.25) is 14.5 Å². The number of benzene rings is 2. The Morgan fingerprint density at radius 3 is 2.43 bits per heavy atom. The number of aromatic nitrogens is 3. The molecule has 9 nitrogen and oxygen atoms in total. The van der Waals surface area contributed by atoms with Gasteiger partial charge in [0.15, 0.2) is 0 Å². The lowest BCUT2D eigenvalue weighted by Gasteiger charge is -2.34. The SMILES string of the molecule is COc1ccc(C(=O)N2CCN(Cc3cc(=O)n4nc(-c5cccc(OC)c5)sc4n3)CC2)cc1. The number of rotatable bonds is 6. The fraction of sp³-hybridized carbons (Fsp3) is 0.280. The summed E-state index contributed by atoms with van der Waals surface area (Å²) in [6, 6.07) is 16.3. The molecule has 1 saturated heterocycles. The van der Waals surface area contributed by atoms with Crippen LogP contribution in [0.3, 0.4) is 0 Å². The fourth-order valence-corrected chi connectivity index (χ4v) is 4.98. The van der Waals surface area contributed by atoms with Crippen molar-refractivity contribution in [1.82, 2.24) is 24.4 Å². The first kappa shape index (κ1) is 23.0. The summed E-state index contributed by atoms with van der Waals surface area (Å²) in [5.41, 5.74) is 2.02. The number of piperazine rings is 1. The molecule has 0 radical (unpaired) electrons. The van der Waals surface area contributed by atoms with Gasteiger partial charge in [0.1, 0.15) is 16.5 Å². The van der Waals surface area contributed by atoms with Crippen LogP contribution in [0.25, 0.3) is 15.5 Å². The zero-order valence-corrected chi connectivity index (χ0v) is 20.3. The lowest BCUT2D eigenvalue weighted by atomic mass is 10.1. The molecule has 0 saturated carbocycles. The molecule has 0 N–H and O–H groups in total. The molecule has 0 aliphatic carbocycles. The number of nitrogens with zero attached hydrogens (tertiary/aromatic N) is 5. The lowest BCUT2D eigenvalue weighted by Crippen LogP contribution is -2.48. The minimum Gasteiger partial charge on any atom is -0.497 e. The van der Waals surface area contributed by atoms with Gasteiger partial charge >= 0.3 is 0 Å². The summed E-state index contributed by atoms with van der Waals surface area (Å²) in [5, 5.41) is 5.16. The number of amides is 1. The molecule has 0 bridgehead atoms. The number of hydrogen-bond donors (Lipinski definition) is 0. The van der Waals surface area contributed by atoms with Crippen LogP contribution < -0.4 is 15.0 Å². The summed E-state index contributed by atoms with van der Waals surface area (Å²) in [4.78, 5) is 34.8. The highest BCUT2D eigenvalue weighted by Crippen LogP contribution is 2.27. The van der Waals surface area contributed by atoms with E-state index in [0.29, 0.717) is 53.9 Å². The molecule has 1 fully saturated rings. The summed E-state index contributed by atoms with van der Waals surface area (Å²) in [5.74, 6) is 1.47. The Bertz CT molecular complexity index is 1410. The third-order valence-electron chi connectivity index (χ3n) is 6.00. The summed E-state index contributed by atoms with van der Waals surface area (Å²) < 4.78 is 11.8. The Hall–Kier alpha value is -3.76. The van der Waals surface area contributed by atoms with Crippen LogP contribution in [0.1, 0.15) is 16.1 Å². The first-order valence-electron chi connectivity index (χ1n) is 11.2. The predicted molar refractivity (Wildman–Crippen MR) is 133 cm³/mol. The van der Waals surface area contributed by atoms with E-state index >= 15 is 0 Å². The van der Waals surface area contributed by atoms with Gasteiger partial charge in [-0.25, -0.2) is 4.98 Å². The highest BCUT2D eigenvalue weighted by Gasteiger charge is 2.23. The van der Waals surface area contributed by atoms with Gasteiger partial charge in [0.2, 0.25) is 4.96 Å². The minimum atomic E-state index is -0.205. The van der Waals surface area contributed by atoms with Crippen molar-refractivity contribution in [3.8, 4) is 22.1 Å². The molecule has 3 heterocycles. The van der Waals surface area contributed by atoms with E-state index in [4.69, 9.17) is 14.5 Å². The molecule has 2 aromatic carbocycles. The number of carbonyl (C=O) groups excluding carboxylic acids is 1. The molecular weight excluding hydrogens is 466 g/mol. The zero-order chi connectivity index (χ0) is 24.4. The maximum Gasteiger partial charge on any atom is 0.275 e. The molecule has 0 atom stereocenters. The average molecular weight is 492 g/mol. The normalized spacial score (nSPS) is 14.3. The van der Waals surface area contributed by atoms with Crippen molar-refractivity contribution in [3.05, 3.63) is 76.2 Å². The predicted octanol–water partition coefficient (Wildman–Crippen LogP) is 2.79. The van der Waals surface area contributed by atoms with Crippen molar-refractivity contribution in [1.29, 1.82) is 0 Å².